The Hall–Kier alpha value is -0.795. The van der Waals surface area contributed by atoms with Crippen LogP contribution in [-0.2, 0) is 9.53 Å². The molecule has 0 N–H and O–H groups in total. The summed E-state index contributed by atoms with van der Waals surface area (Å²) in [5, 5.41) is 0. The Morgan fingerprint density at radius 2 is 2.33 bits per heavy atom. The van der Waals surface area contributed by atoms with E-state index in [1.54, 1.807) is 0 Å². The van der Waals surface area contributed by atoms with E-state index >= 15 is 0 Å². The van der Waals surface area contributed by atoms with Crippen LogP contribution in [0, 0.1) is 0 Å². The van der Waals surface area contributed by atoms with E-state index in [2.05, 4.69) is 12.6 Å². The Bertz CT molecular complexity index is 69.2. The molecule has 0 spiro atoms. The summed E-state index contributed by atoms with van der Waals surface area (Å²) < 4.78 is 3.50. The summed E-state index contributed by atoms with van der Waals surface area (Å²) in [6.07, 6.45) is 0. The lowest BCUT2D eigenvalue weighted by Crippen LogP contribution is -1.96. The van der Waals surface area contributed by atoms with Crippen molar-refractivity contribution in [2.75, 3.05) is 0 Å². The van der Waals surface area contributed by atoms with Gasteiger partial charge in [-0.05, 0) is 0 Å². The van der Waals surface area contributed by atoms with E-state index in [0.717, 1.165) is 0 Å². The monoisotopic (exact) mass is 84.0 g/mol. The molecule has 0 heterocycles. The van der Waals surface area contributed by atoms with Gasteiger partial charge in [0.25, 0.3) is 6.47 Å². The molecule has 6 heavy (non-hydrogen) atoms. The van der Waals surface area contributed by atoms with Crippen LogP contribution in [0.1, 0.15) is 0 Å². The number of carbonyl (C=O) groups is 2. The van der Waals surface area contributed by atoms with E-state index < -0.39 is 5.87 Å². The second-order valence-electron chi connectivity index (χ2n) is 0.533. The van der Waals surface area contributed by atoms with Crippen LogP contribution in [0.5, 0.6) is 0 Å². The van der Waals surface area contributed by atoms with Crippen LogP contribution in [0.2, 0.25) is 0 Å². The van der Waals surface area contributed by atoms with Crippen LogP contribution in [-0.4, -0.2) is 20.2 Å². The molecule has 30 valence electrons. The minimum atomic E-state index is -1.08. The fourth-order valence-corrected chi connectivity index (χ4v) is 0.0474. The lowest BCUT2D eigenvalue weighted by atomic mass is 10.2. The molecule has 0 bridgehead atoms. The van der Waals surface area contributed by atoms with E-state index in [4.69, 9.17) is 4.79 Å². The van der Waals surface area contributed by atoms with Crippen molar-refractivity contribution in [2.45, 2.75) is 0 Å². The molecule has 0 fully saturated rings. The molecular formula is C2HBO3. The molecule has 0 saturated heterocycles. The Morgan fingerprint density at radius 3 is 2.33 bits per heavy atom. The maximum atomic E-state index is 9.37. The molecule has 0 aliphatic rings. The van der Waals surface area contributed by atoms with Gasteiger partial charge in [0, 0.05) is 0 Å². The van der Waals surface area contributed by atoms with Gasteiger partial charge in [0.05, 0.1) is 0 Å². The second kappa shape index (κ2) is 2.44. The standard InChI is InChI=1S/C2HBO3/c3-2(5)6-1-4/h1H. The van der Waals surface area contributed by atoms with Gasteiger partial charge in [0.2, 0.25) is 13.7 Å². The molecule has 0 amide bonds. The first kappa shape index (κ1) is 5.20. The first-order valence-electron chi connectivity index (χ1n) is 1.17. The summed E-state index contributed by atoms with van der Waals surface area (Å²) in [6.45, 7) is -0.0255. The fraction of sp³-hybridized carbons (Fsp3) is 0. The van der Waals surface area contributed by atoms with Gasteiger partial charge in [-0.15, -0.1) is 0 Å². The van der Waals surface area contributed by atoms with Gasteiger partial charge >= 0.3 is 0 Å². The smallest absolute Gasteiger partial charge is 0.300 e. The van der Waals surface area contributed by atoms with Gasteiger partial charge in [0.15, 0.2) is 0 Å². The molecule has 0 rings (SSSR count). The van der Waals surface area contributed by atoms with Crippen molar-refractivity contribution in [1.82, 2.24) is 0 Å². The molecule has 0 aliphatic carbocycles. The second-order valence-corrected chi connectivity index (χ2v) is 0.533. The zero-order valence-electron chi connectivity index (χ0n) is 2.88. The van der Waals surface area contributed by atoms with E-state index in [1.165, 1.54) is 0 Å². The van der Waals surface area contributed by atoms with Crippen LogP contribution in [0.15, 0.2) is 0 Å². The maximum absolute atomic E-state index is 9.37. The highest BCUT2D eigenvalue weighted by atomic mass is 16.6. The highest BCUT2D eigenvalue weighted by molar-refractivity contribution is 6.55. The maximum Gasteiger partial charge on any atom is 0.300 e. The topological polar surface area (TPSA) is 43.4 Å². The fourth-order valence-electron chi connectivity index (χ4n) is 0.0474. The van der Waals surface area contributed by atoms with Gasteiger partial charge in [0.1, 0.15) is 0 Å². The predicted molar refractivity (Wildman–Crippen MR) is 18.3 cm³/mol. The summed E-state index contributed by atoms with van der Waals surface area (Å²) in [5.41, 5.74) is 0. The zero-order chi connectivity index (χ0) is 4.99. The van der Waals surface area contributed by atoms with Crippen LogP contribution in [0.25, 0.3) is 0 Å². The highest BCUT2D eigenvalue weighted by Crippen LogP contribution is 1.61. The Labute approximate surface area is 35.7 Å². The van der Waals surface area contributed by atoms with Gasteiger partial charge in [-0.3, -0.25) is 9.59 Å². The van der Waals surface area contributed by atoms with E-state index in [1.807, 2.05) is 0 Å². The lowest BCUT2D eigenvalue weighted by Gasteiger charge is -1.79. The summed E-state index contributed by atoms with van der Waals surface area (Å²) in [4.78, 5) is 18.5. The molecule has 0 unspecified atom stereocenters. The van der Waals surface area contributed by atoms with Crippen molar-refractivity contribution in [3.05, 3.63) is 0 Å². The van der Waals surface area contributed by atoms with E-state index in [0.29, 0.717) is 0 Å². The van der Waals surface area contributed by atoms with Gasteiger partial charge < -0.3 is 4.74 Å². The van der Waals surface area contributed by atoms with E-state index in [-0.39, 0.29) is 6.47 Å². The number of hydrogen-bond donors (Lipinski definition) is 0. The molecular weight excluding hydrogens is 82.8 g/mol. The summed E-state index contributed by atoms with van der Waals surface area (Å²) in [7, 11) is 4.31. The normalized spacial score (nSPS) is 6.67. The summed E-state index contributed by atoms with van der Waals surface area (Å²) >= 11 is 0. The first-order chi connectivity index (χ1) is 2.77. The van der Waals surface area contributed by atoms with Crippen LogP contribution < -0.4 is 0 Å². The molecule has 0 saturated carbocycles. The van der Waals surface area contributed by atoms with Gasteiger partial charge in [-0.25, -0.2) is 0 Å². The van der Waals surface area contributed by atoms with Crippen LogP contribution in [0.3, 0.4) is 0 Å². The summed E-state index contributed by atoms with van der Waals surface area (Å²) in [5.74, 6) is -1.08. The third-order valence-electron chi connectivity index (χ3n) is 0.164. The van der Waals surface area contributed by atoms with Crippen LogP contribution in [0.4, 0.5) is 4.79 Å². The van der Waals surface area contributed by atoms with E-state index in [9.17, 15) is 4.79 Å². The Kier molecular flexibility index (Phi) is 2.12. The van der Waals surface area contributed by atoms with Gasteiger partial charge in [-0.1, -0.05) is 0 Å². The molecule has 4 heteroatoms. The van der Waals surface area contributed by atoms with Crippen molar-refractivity contribution < 1.29 is 14.3 Å². The Balaban J connectivity index is 3.05. The molecule has 2 radical (unpaired) electrons. The molecule has 0 atom stereocenters. The van der Waals surface area contributed by atoms with Crippen molar-refractivity contribution >= 4 is 20.2 Å². The zero-order valence-corrected chi connectivity index (χ0v) is 2.88. The quantitative estimate of drug-likeness (QED) is 0.243. The Morgan fingerprint density at radius 1 is 1.83 bits per heavy atom. The first-order valence-corrected chi connectivity index (χ1v) is 1.17. The number of hydrogen-bond acceptors (Lipinski definition) is 3. The number of carbonyl (C=O) groups excluding carboxylic acids is 2. The molecule has 0 aromatic heterocycles. The molecule has 0 aromatic rings. The summed E-state index contributed by atoms with van der Waals surface area (Å²) in [6, 6.07) is 0. The number of rotatable bonds is 1. The molecule has 0 aliphatic heterocycles. The average Bonchev–Trinajstić information content (AvgIpc) is 1.35. The van der Waals surface area contributed by atoms with Crippen LogP contribution >= 0.6 is 0 Å². The number of ether oxygens (including phenoxy) is 1. The van der Waals surface area contributed by atoms with Crippen molar-refractivity contribution in [3.8, 4) is 0 Å². The van der Waals surface area contributed by atoms with Crippen molar-refractivity contribution in [3.63, 3.8) is 0 Å². The SMILES string of the molecule is [B]C(=O)OC=O. The van der Waals surface area contributed by atoms with Gasteiger partial charge in [-0.2, -0.15) is 0 Å². The molecule has 3 nitrogen and oxygen atoms in total. The lowest BCUT2D eigenvalue weighted by molar-refractivity contribution is -0.122. The van der Waals surface area contributed by atoms with Crippen molar-refractivity contribution in [1.29, 1.82) is 0 Å². The van der Waals surface area contributed by atoms with Crippen molar-refractivity contribution in [2.24, 2.45) is 0 Å². The largest absolute Gasteiger partial charge is 0.406 e. The minimum absolute atomic E-state index is 0.0255. The molecule has 0 aromatic carbocycles. The third-order valence-corrected chi connectivity index (χ3v) is 0.164. The highest BCUT2D eigenvalue weighted by Gasteiger charge is 1.82. The minimum Gasteiger partial charge on any atom is -0.406 e. The third kappa shape index (κ3) is 3.20. The predicted octanol–water partition coefficient (Wildman–Crippen LogP) is -0.552. The average molecular weight is 83.8 g/mol.